The predicted molar refractivity (Wildman–Crippen MR) is 111 cm³/mol. The summed E-state index contributed by atoms with van der Waals surface area (Å²) in [6.45, 7) is 0.671. The number of nitrogens with zero attached hydrogens (tertiary/aromatic N) is 1. The molecule has 1 fully saturated rings. The molecular weight excluding hydrogens is 360 g/mol. The Morgan fingerprint density at radius 1 is 1.26 bits per heavy atom. The van der Waals surface area contributed by atoms with Crippen LogP contribution in [0.3, 0.4) is 0 Å². The minimum atomic E-state index is -0.254. The van der Waals surface area contributed by atoms with Gasteiger partial charge in [0, 0.05) is 30.6 Å². The number of furan rings is 1. The van der Waals surface area contributed by atoms with Crippen LogP contribution >= 0.6 is 11.8 Å². The van der Waals surface area contributed by atoms with Gasteiger partial charge in [-0.3, -0.25) is 9.79 Å². The Bertz CT molecular complexity index is 759. The van der Waals surface area contributed by atoms with Crippen molar-refractivity contribution < 1.29 is 9.21 Å². The van der Waals surface area contributed by atoms with Crippen LogP contribution in [0.5, 0.6) is 0 Å². The molecule has 2 aromatic rings. The summed E-state index contributed by atoms with van der Waals surface area (Å²) < 4.78 is 5.09. The summed E-state index contributed by atoms with van der Waals surface area (Å²) >= 11 is 1.95. The molecule has 0 spiro atoms. The second-order valence-electron chi connectivity index (χ2n) is 6.57. The van der Waals surface area contributed by atoms with Crippen LogP contribution in [0.15, 0.2) is 52.1 Å². The van der Waals surface area contributed by atoms with Gasteiger partial charge in [-0.25, -0.2) is 0 Å². The quantitative estimate of drug-likeness (QED) is 0.523. The molecule has 2 unspecified atom stereocenters. The third-order valence-corrected chi connectivity index (χ3v) is 5.79. The van der Waals surface area contributed by atoms with Crippen LogP contribution in [0.4, 0.5) is 5.69 Å². The maximum Gasteiger partial charge on any atom is 0.291 e. The van der Waals surface area contributed by atoms with E-state index in [-0.39, 0.29) is 5.91 Å². The van der Waals surface area contributed by atoms with Crippen molar-refractivity contribution in [3.63, 3.8) is 0 Å². The summed E-state index contributed by atoms with van der Waals surface area (Å²) in [5, 5.41) is 10.4. The average molecular weight is 387 g/mol. The maximum atomic E-state index is 12.0. The van der Waals surface area contributed by atoms with E-state index in [4.69, 9.17) is 4.42 Å². The Hall–Kier alpha value is -2.41. The Balaban J connectivity index is 1.47. The van der Waals surface area contributed by atoms with Crippen LogP contribution in [-0.4, -0.2) is 36.5 Å². The molecule has 7 heteroatoms. The van der Waals surface area contributed by atoms with Crippen LogP contribution in [0.25, 0.3) is 0 Å². The van der Waals surface area contributed by atoms with Crippen molar-refractivity contribution in [1.29, 1.82) is 0 Å². The fraction of sp³-hybridized carbons (Fsp3) is 0.400. The molecule has 1 aliphatic carbocycles. The van der Waals surface area contributed by atoms with Gasteiger partial charge in [0.15, 0.2) is 11.7 Å². The van der Waals surface area contributed by atoms with E-state index < -0.39 is 0 Å². The summed E-state index contributed by atoms with van der Waals surface area (Å²) in [5.74, 6) is 0.874. The minimum absolute atomic E-state index is 0.254. The van der Waals surface area contributed by atoms with Gasteiger partial charge in [0.25, 0.3) is 5.91 Å². The highest BCUT2D eigenvalue weighted by Gasteiger charge is 2.24. The number of benzene rings is 1. The highest BCUT2D eigenvalue weighted by molar-refractivity contribution is 7.99. The van der Waals surface area contributed by atoms with Gasteiger partial charge >= 0.3 is 0 Å². The molecule has 6 nitrogen and oxygen atoms in total. The zero-order chi connectivity index (χ0) is 19.1. The van der Waals surface area contributed by atoms with Crippen molar-refractivity contribution in [2.75, 3.05) is 18.6 Å². The van der Waals surface area contributed by atoms with E-state index in [1.54, 1.807) is 19.2 Å². The molecule has 1 amide bonds. The number of nitrogens with one attached hydrogen (secondary N) is 3. The fourth-order valence-electron chi connectivity index (χ4n) is 3.17. The number of hydrogen-bond acceptors (Lipinski definition) is 4. The van der Waals surface area contributed by atoms with Gasteiger partial charge < -0.3 is 20.4 Å². The number of amides is 1. The highest BCUT2D eigenvalue weighted by Crippen LogP contribution is 2.28. The fourth-order valence-corrected chi connectivity index (χ4v) is 3.96. The van der Waals surface area contributed by atoms with Crippen molar-refractivity contribution in [2.45, 2.75) is 37.1 Å². The molecule has 3 rings (SSSR count). The number of carbonyl (C=O) groups is 1. The number of carbonyl (C=O) groups excluding carboxylic acids is 1. The first-order valence-corrected chi connectivity index (χ1v) is 10.4. The van der Waals surface area contributed by atoms with Crippen LogP contribution in [0.2, 0.25) is 0 Å². The molecule has 1 aliphatic rings. The second-order valence-corrected chi connectivity index (χ2v) is 7.70. The van der Waals surface area contributed by atoms with E-state index in [0.717, 1.165) is 22.5 Å². The average Bonchev–Trinajstić information content (AvgIpc) is 3.38. The van der Waals surface area contributed by atoms with Crippen molar-refractivity contribution in [1.82, 2.24) is 10.6 Å². The van der Waals surface area contributed by atoms with Gasteiger partial charge in [0.05, 0.1) is 6.26 Å². The molecule has 0 bridgehead atoms. The first-order valence-electron chi connectivity index (χ1n) is 9.11. The standard InChI is InChI=1S/C20H26N4O2S/c1-21-20(24-16-9-10-17(12-16)27-2)22-13-14-5-7-15(8-6-14)23-19(25)18-4-3-11-26-18/h3-8,11,16-17H,9-10,12-13H2,1-2H3,(H,23,25)(H2,21,22,24). The molecule has 1 aromatic carbocycles. The smallest absolute Gasteiger partial charge is 0.291 e. The number of hydrogen-bond donors (Lipinski definition) is 3. The molecule has 1 aromatic heterocycles. The SMILES string of the molecule is CN=C(NCc1ccc(NC(=O)c2ccco2)cc1)NC1CCC(SC)C1. The lowest BCUT2D eigenvalue weighted by Crippen LogP contribution is -2.42. The Labute approximate surface area is 164 Å². The normalized spacial score (nSPS) is 19.7. The Kier molecular flexibility index (Phi) is 6.81. The van der Waals surface area contributed by atoms with Gasteiger partial charge in [0.1, 0.15) is 0 Å². The number of anilines is 1. The number of rotatable bonds is 6. The van der Waals surface area contributed by atoms with Gasteiger partial charge in [-0.2, -0.15) is 11.8 Å². The van der Waals surface area contributed by atoms with E-state index in [2.05, 4.69) is 27.2 Å². The first kappa shape index (κ1) is 19.4. The highest BCUT2D eigenvalue weighted by atomic mass is 32.2. The summed E-state index contributed by atoms with van der Waals surface area (Å²) in [6, 6.07) is 11.6. The molecule has 2 atom stereocenters. The summed E-state index contributed by atoms with van der Waals surface area (Å²) in [5.41, 5.74) is 1.85. The molecule has 144 valence electrons. The van der Waals surface area contributed by atoms with E-state index in [0.29, 0.717) is 18.3 Å². The van der Waals surface area contributed by atoms with E-state index in [9.17, 15) is 4.79 Å². The summed E-state index contributed by atoms with van der Waals surface area (Å²) in [6.07, 6.45) is 7.31. The first-order chi connectivity index (χ1) is 13.2. The molecule has 1 saturated carbocycles. The van der Waals surface area contributed by atoms with Crippen LogP contribution in [-0.2, 0) is 6.54 Å². The summed E-state index contributed by atoms with van der Waals surface area (Å²) in [4.78, 5) is 16.3. The second kappa shape index (κ2) is 9.50. The van der Waals surface area contributed by atoms with Crippen LogP contribution in [0, 0.1) is 0 Å². The lowest BCUT2D eigenvalue weighted by atomic mass is 10.2. The zero-order valence-electron chi connectivity index (χ0n) is 15.7. The van der Waals surface area contributed by atoms with E-state index in [1.165, 1.54) is 25.5 Å². The van der Waals surface area contributed by atoms with Gasteiger partial charge in [0.2, 0.25) is 0 Å². The molecule has 0 aliphatic heterocycles. The topological polar surface area (TPSA) is 78.7 Å². The lowest BCUT2D eigenvalue weighted by molar-refractivity contribution is 0.0996. The van der Waals surface area contributed by atoms with Crippen LogP contribution < -0.4 is 16.0 Å². The number of thioether (sulfide) groups is 1. The third-order valence-electron chi connectivity index (χ3n) is 4.70. The largest absolute Gasteiger partial charge is 0.459 e. The van der Waals surface area contributed by atoms with Crippen molar-refractivity contribution in [3.8, 4) is 0 Å². The van der Waals surface area contributed by atoms with Gasteiger partial charge in [-0.1, -0.05) is 12.1 Å². The van der Waals surface area contributed by atoms with Crippen LogP contribution in [0.1, 0.15) is 35.4 Å². The lowest BCUT2D eigenvalue weighted by Gasteiger charge is -2.17. The number of aliphatic imine (C=N–C) groups is 1. The molecule has 27 heavy (non-hydrogen) atoms. The van der Waals surface area contributed by atoms with Gasteiger partial charge in [-0.05, 0) is 55.3 Å². The Morgan fingerprint density at radius 3 is 2.70 bits per heavy atom. The Morgan fingerprint density at radius 2 is 2.07 bits per heavy atom. The van der Waals surface area contributed by atoms with Crippen molar-refractivity contribution >= 4 is 29.3 Å². The molecule has 1 heterocycles. The molecule has 0 saturated heterocycles. The van der Waals surface area contributed by atoms with Crippen molar-refractivity contribution in [2.24, 2.45) is 4.99 Å². The molecular formula is C20H26N4O2S. The monoisotopic (exact) mass is 386 g/mol. The third kappa shape index (κ3) is 5.53. The predicted octanol–water partition coefficient (Wildman–Crippen LogP) is 3.48. The molecule has 0 radical (unpaired) electrons. The van der Waals surface area contributed by atoms with Gasteiger partial charge in [-0.15, -0.1) is 0 Å². The molecule has 3 N–H and O–H groups in total. The van der Waals surface area contributed by atoms with Crippen molar-refractivity contribution in [3.05, 3.63) is 54.0 Å². The van der Waals surface area contributed by atoms with E-state index >= 15 is 0 Å². The van der Waals surface area contributed by atoms with E-state index in [1.807, 2.05) is 36.0 Å². The maximum absolute atomic E-state index is 12.0. The minimum Gasteiger partial charge on any atom is -0.459 e. The number of guanidine groups is 1. The summed E-state index contributed by atoms with van der Waals surface area (Å²) in [7, 11) is 1.80. The zero-order valence-corrected chi connectivity index (χ0v) is 16.5.